The van der Waals surface area contributed by atoms with E-state index in [4.69, 9.17) is 0 Å². The smallest absolute Gasteiger partial charge is 0.268 e. The highest BCUT2D eigenvalue weighted by molar-refractivity contribution is 7.91. The number of nitrogens with one attached hydrogen (secondary N) is 2. The standard InChI is InChI=1S/2C10H12N2O3S/c2*1-7(2)12-10(13)8-5-3-4-6-9(8)11-16(12,14)15/h2*3-7,11H,1-2H3. The molecule has 0 unspecified atom stereocenters. The number of anilines is 2. The van der Waals surface area contributed by atoms with Crippen molar-refractivity contribution < 1.29 is 26.4 Å². The zero-order chi connectivity index (χ0) is 23.8. The van der Waals surface area contributed by atoms with Crippen molar-refractivity contribution in [2.45, 2.75) is 39.8 Å². The molecule has 0 saturated carbocycles. The molecule has 32 heavy (non-hydrogen) atoms. The first kappa shape index (κ1) is 23.5. The number of hydrogen-bond acceptors (Lipinski definition) is 6. The Balaban J connectivity index is 0.000000181. The molecule has 2 aliphatic rings. The topological polar surface area (TPSA) is 133 Å². The number of carbonyl (C=O) groups is 2. The van der Waals surface area contributed by atoms with Gasteiger partial charge < -0.3 is 0 Å². The minimum atomic E-state index is -3.75. The summed E-state index contributed by atoms with van der Waals surface area (Å²) in [5.41, 5.74) is 1.44. The van der Waals surface area contributed by atoms with E-state index in [1.807, 2.05) is 0 Å². The Labute approximate surface area is 187 Å². The monoisotopic (exact) mass is 480 g/mol. The van der Waals surface area contributed by atoms with E-state index in [0.29, 0.717) is 22.5 Å². The molecule has 0 aromatic heterocycles. The predicted octanol–water partition coefficient (Wildman–Crippen LogP) is 2.42. The van der Waals surface area contributed by atoms with Gasteiger partial charge in [0.2, 0.25) is 0 Å². The first-order chi connectivity index (χ1) is 14.9. The summed E-state index contributed by atoms with van der Waals surface area (Å²) in [6.07, 6.45) is 0. The summed E-state index contributed by atoms with van der Waals surface area (Å²) in [4.78, 5) is 24.0. The maximum absolute atomic E-state index is 12.0. The van der Waals surface area contributed by atoms with Crippen molar-refractivity contribution in [3.05, 3.63) is 59.7 Å². The van der Waals surface area contributed by atoms with E-state index < -0.39 is 44.3 Å². The fraction of sp³-hybridized carbons (Fsp3) is 0.300. The molecule has 2 N–H and O–H groups in total. The van der Waals surface area contributed by atoms with E-state index in [1.54, 1.807) is 76.2 Å². The van der Waals surface area contributed by atoms with Gasteiger partial charge in [-0.1, -0.05) is 24.3 Å². The van der Waals surface area contributed by atoms with Crippen LogP contribution in [0, 0.1) is 0 Å². The second-order valence-electron chi connectivity index (χ2n) is 7.69. The zero-order valence-corrected chi connectivity index (χ0v) is 19.6. The number of amides is 2. The van der Waals surface area contributed by atoms with E-state index in [2.05, 4.69) is 9.44 Å². The van der Waals surface area contributed by atoms with Crippen LogP contribution in [0.3, 0.4) is 0 Å². The summed E-state index contributed by atoms with van der Waals surface area (Å²) < 4.78 is 53.6. The van der Waals surface area contributed by atoms with Gasteiger partial charge in [0.25, 0.3) is 11.8 Å². The molecule has 2 amide bonds. The number of para-hydroxylation sites is 2. The highest BCUT2D eigenvalue weighted by Crippen LogP contribution is 2.28. The highest BCUT2D eigenvalue weighted by atomic mass is 32.2. The lowest BCUT2D eigenvalue weighted by atomic mass is 10.1. The van der Waals surface area contributed by atoms with Crippen molar-refractivity contribution in [3.63, 3.8) is 0 Å². The predicted molar refractivity (Wildman–Crippen MR) is 121 cm³/mol. The quantitative estimate of drug-likeness (QED) is 0.678. The van der Waals surface area contributed by atoms with Crippen LogP contribution < -0.4 is 9.44 Å². The lowest BCUT2D eigenvalue weighted by Gasteiger charge is -2.31. The number of benzene rings is 2. The highest BCUT2D eigenvalue weighted by Gasteiger charge is 2.38. The maximum Gasteiger partial charge on any atom is 0.326 e. The van der Waals surface area contributed by atoms with Gasteiger partial charge in [-0.05, 0) is 52.0 Å². The van der Waals surface area contributed by atoms with Crippen molar-refractivity contribution >= 4 is 43.6 Å². The van der Waals surface area contributed by atoms with E-state index in [9.17, 15) is 26.4 Å². The summed E-state index contributed by atoms with van der Waals surface area (Å²) in [5, 5.41) is 0. The van der Waals surface area contributed by atoms with Crippen LogP contribution in [0.15, 0.2) is 48.5 Å². The molecule has 4 rings (SSSR count). The molecule has 0 bridgehead atoms. The van der Waals surface area contributed by atoms with Crippen LogP contribution in [-0.2, 0) is 20.4 Å². The molecular weight excluding hydrogens is 456 g/mol. The van der Waals surface area contributed by atoms with Crippen LogP contribution >= 0.6 is 0 Å². The first-order valence-electron chi connectivity index (χ1n) is 9.78. The van der Waals surface area contributed by atoms with Crippen LogP contribution in [0.4, 0.5) is 11.4 Å². The fourth-order valence-electron chi connectivity index (χ4n) is 3.37. The van der Waals surface area contributed by atoms with E-state index in [-0.39, 0.29) is 0 Å². The fourth-order valence-corrected chi connectivity index (χ4v) is 6.23. The maximum atomic E-state index is 12.0. The lowest BCUT2D eigenvalue weighted by molar-refractivity contribution is 0.0824. The SMILES string of the molecule is CC(C)N1C(=O)c2ccccc2NS1(=O)=O.CC(C)N1C(=O)c2ccccc2NS1(=O)=O. The molecule has 12 heteroatoms. The van der Waals surface area contributed by atoms with Gasteiger partial charge in [-0.3, -0.25) is 19.0 Å². The van der Waals surface area contributed by atoms with Crippen molar-refractivity contribution in [1.82, 2.24) is 8.61 Å². The third-order valence-corrected chi connectivity index (χ3v) is 7.82. The Hall–Kier alpha value is -3.12. The van der Waals surface area contributed by atoms with Crippen LogP contribution in [-0.4, -0.2) is 49.3 Å². The van der Waals surface area contributed by atoms with Gasteiger partial charge in [0.15, 0.2) is 0 Å². The van der Waals surface area contributed by atoms with Gasteiger partial charge in [-0.15, -0.1) is 0 Å². The van der Waals surface area contributed by atoms with Crippen LogP contribution in [0.2, 0.25) is 0 Å². The van der Waals surface area contributed by atoms with Gasteiger partial charge in [-0.2, -0.15) is 16.8 Å². The Morgan fingerprint density at radius 2 is 0.938 bits per heavy atom. The third kappa shape index (κ3) is 4.28. The van der Waals surface area contributed by atoms with Gasteiger partial charge in [0.1, 0.15) is 0 Å². The molecular formula is C20H24N4O6S2. The van der Waals surface area contributed by atoms with Crippen molar-refractivity contribution in [2.75, 3.05) is 9.44 Å². The van der Waals surface area contributed by atoms with E-state index >= 15 is 0 Å². The second kappa shape index (κ2) is 8.43. The van der Waals surface area contributed by atoms with Gasteiger partial charge in [0.05, 0.1) is 22.5 Å². The average Bonchev–Trinajstić information content (AvgIpc) is 2.66. The molecule has 0 fully saturated rings. The third-order valence-electron chi connectivity index (χ3n) is 4.65. The molecule has 0 spiro atoms. The Morgan fingerprint density at radius 1 is 0.625 bits per heavy atom. The molecule has 172 valence electrons. The normalized spacial score (nSPS) is 18.2. The zero-order valence-electron chi connectivity index (χ0n) is 17.9. The van der Waals surface area contributed by atoms with E-state index in [1.165, 1.54) is 0 Å². The minimum Gasteiger partial charge on any atom is -0.268 e. The molecule has 2 heterocycles. The summed E-state index contributed by atoms with van der Waals surface area (Å²) in [5.74, 6) is -0.964. The van der Waals surface area contributed by atoms with Crippen molar-refractivity contribution in [1.29, 1.82) is 0 Å². The minimum absolute atomic E-state index is 0.337. The molecule has 0 aliphatic carbocycles. The molecule has 0 atom stereocenters. The van der Waals surface area contributed by atoms with Crippen molar-refractivity contribution in [2.24, 2.45) is 0 Å². The molecule has 2 aromatic rings. The summed E-state index contributed by atoms with van der Waals surface area (Å²) in [6.45, 7) is 6.63. The van der Waals surface area contributed by atoms with Gasteiger partial charge >= 0.3 is 20.4 Å². The molecule has 0 saturated heterocycles. The second-order valence-corrected chi connectivity index (χ2v) is 10.8. The van der Waals surface area contributed by atoms with Crippen LogP contribution in [0.25, 0.3) is 0 Å². The summed E-state index contributed by atoms with van der Waals surface area (Å²) in [6, 6.07) is 12.3. The number of rotatable bonds is 2. The number of hydrogen-bond donors (Lipinski definition) is 2. The average molecular weight is 481 g/mol. The Kier molecular flexibility index (Phi) is 6.20. The molecule has 0 radical (unpaired) electrons. The summed E-state index contributed by atoms with van der Waals surface area (Å²) in [7, 11) is -7.50. The van der Waals surface area contributed by atoms with Crippen molar-refractivity contribution in [3.8, 4) is 0 Å². The summed E-state index contributed by atoms with van der Waals surface area (Å²) >= 11 is 0. The Bertz CT molecular complexity index is 1170. The number of carbonyl (C=O) groups excluding carboxylic acids is 2. The first-order valence-corrected chi connectivity index (χ1v) is 12.7. The number of fused-ring (bicyclic) bond motifs is 2. The lowest BCUT2D eigenvalue weighted by Crippen LogP contribution is -2.48. The van der Waals surface area contributed by atoms with E-state index in [0.717, 1.165) is 8.61 Å². The molecule has 2 aliphatic heterocycles. The molecule has 2 aromatic carbocycles. The molecule has 10 nitrogen and oxygen atoms in total. The Morgan fingerprint density at radius 3 is 1.25 bits per heavy atom. The van der Waals surface area contributed by atoms with Crippen LogP contribution in [0.1, 0.15) is 48.4 Å². The van der Waals surface area contributed by atoms with Gasteiger partial charge in [-0.25, -0.2) is 8.61 Å². The largest absolute Gasteiger partial charge is 0.326 e. The number of nitrogens with zero attached hydrogens (tertiary/aromatic N) is 2. The van der Waals surface area contributed by atoms with Crippen LogP contribution in [0.5, 0.6) is 0 Å². The van der Waals surface area contributed by atoms with Gasteiger partial charge in [0, 0.05) is 12.1 Å².